The number of nitrogens with two attached hydrogens (primary N) is 1. The smallest absolute Gasteiger partial charge is 0.256 e. The first-order valence-corrected chi connectivity index (χ1v) is 6.94. The average molecular weight is 277 g/mol. The zero-order chi connectivity index (χ0) is 14.9. The van der Waals surface area contributed by atoms with E-state index in [4.69, 9.17) is 5.73 Å². The number of rotatable bonds is 2. The summed E-state index contributed by atoms with van der Waals surface area (Å²) >= 11 is 0. The van der Waals surface area contributed by atoms with Crippen molar-refractivity contribution in [3.05, 3.63) is 23.8 Å². The highest BCUT2D eigenvalue weighted by Gasteiger charge is 2.29. The molecule has 0 radical (unpaired) electrons. The molecular weight excluding hydrogens is 254 g/mol. The maximum absolute atomic E-state index is 12.7. The molecule has 1 aliphatic heterocycles. The van der Waals surface area contributed by atoms with E-state index >= 15 is 0 Å². The van der Waals surface area contributed by atoms with Crippen molar-refractivity contribution in [2.24, 2.45) is 5.92 Å². The number of carbonyl (C=O) groups is 1. The number of hydrogen-bond acceptors (Lipinski definition) is 4. The summed E-state index contributed by atoms with van der Waals surface area (Å²) in [5.74, 6) is 0.0938. The van der Waals surface area contributed by atoms with Crippen LogP contribution in [-0.4, -0.2) is 49.2 Å². The molecule has 0 aliphatic carbocycles. The molecule has 0 spiro atoms. The van der Waals surface area contributed by atoms with Gasteiger partial charge >= 0.3 is 0 Å². The van der Waals surface area contributed by atoms with Gasteiger partial charge in [-0.1, -0.05) is 6.92 Å². The quantitative estimate of drug-likeness (QED) is 0.796. The zero-order valence-corrected chi connectivity index (χ0v) is 12.3. The lowest BCUT2D eigenvalue weighted by Crippen LogP contribution is -2.45. The molecule has 2 atom stereocenters. The number of aliphatic hydroxyl groups excluding tert-OH is 1. The number of aliphatic hydroxyl groups is 1. The first kappa shape index (κ1) is 14.7. The molecule has 1 aromatic carbocycles. The topological polar surface area (TPSA) is 69.8 Å². The third-order valence-corrected chi connectivity index (χ3v) is 3.88. The molecule has 1 fully saturated rings. The minimum atomic E-state index is -0.312. The van der Waals surface area contributed by atoms with Crippen LogP contribution in [0.5, 0.6) is 0 Å². The third kappa shape index (κ3) is 2.88. The first-order valence-electron chi connectivity index (χ1n) is 6.94. The number of nitrogen functional groups attached to an aromatic ring is 1. The highest BCUT2D eigenvalue weighted by Crippen LogP contribution is 2.25. The van der Waals surface area contributed by atoms with Gasteiger partial charge in [0.15, 0.2) is 0 Å². The minimum Gasteiger partial charge on any atom is -0.399 e. The molecule has 5 nitrogen and oxygen atoms in total. The van der Waals surface area contributed by atoms with Crippen molar-refractivity contribution in [2.75, 3.05) is 37.8 Å². The monoisotopic (exact) mass is 277 g/mol. The van der Waals surface area contributed by atoms with Crippen molar-refractivity contribution in [3.8, 4) is 0 Å². The van der Waals surface area contributed by atoms with Gasteiger partial charge in [-0.05, 0) is 30.5 Å². The molecular formula is C15H23N3O2. The van der Waals surface area contributed by atoms with Gasteiger partial charge in [-0.25, -0.2) is 0 Å². The fraction of sp³-hybridized carbons (Fsp3) is 0.533. The zero-order valence-electron chi connectivity index (χ0n) is 12.3. The highest BCUT2D eigenvalue weighted by molar-refractivity contribution is 6.00. The summed E-state index contributed by atoms with van der Waals surface area (Å²) < 4.78 is 0. The fourth-order valence-corrected chi connectivity index (χ4v) is 2.60. The Morgan fingerprint density at radius 3 is 2.75 bits per heavy atom. The van der Waals surface area contributed by atoms with Crippen molar-refractivity contribution in [1.82, 2.24) is 4.90 Å². The number of likely N-dealkylation sites (tertiary alicyclic amines) is 1. The van der Waals surface area contributed by atoms with E-state index in [0.29, 0.717) is 30.8 Å². The maximum Gasteiger partial charge on any atom is 0.256 e. The summed E-state index contributed by atoms with van der Waals surface area (Å²) in [4.78, 5) is 16.4. The van der Waals surface area contributed by atoms with Gasteiger partial charge in [0.05, 0.1) is 11.7 Å². The van der Waals surface area contributed by atoms with Crippen molar-refractivity contribution >= 4 is 17.3 Å². The summed E-state index contributed by atoms with van der Waals surface area (Å²) in [6.07, 6.45) is 0.320. The van der Waals surface area contributed by atoms with E-state index in [1.165, 1.54) is 0 Å². The third-order valence-electron chi connectivity index (χ3n) is 3.88. The predicted molar refractivity (Wildman–Crippen MR) is 80.9 cm³/mol. The molecule has 2 unspecified atom stereocenters. The molecule has 110 valence electrons. The lowest BCUT2D eigenvalue weighted by Gasteiger charge is -2.35. The number of hydrogen-bond donors (Lipinski definition) is 2. The van der Waals surface area contributed by atoms with Crippen LogP contribution >= 0.6 is 0 Å². The molecule has 5 heteroatoms. The molecule has 0 bridgehead atoms. The highest BCUT2D eigenvalue weighted by atomic mass is 16.3. The number of piperidine rings is 1. The SMILES string of the molecule is CC1CN(C(=O)c2cc(N)ccc2N(C)C)CCC1O. The predicted octanol–water partition coefficient (Wildman–Crippen LogP) is 1.18. The van der Waals surface area contributed by atoms with Crippen LogP contribution in [0.2, 0.25) is 0 Å². The second kappa shape index (κ2) is 5.71. The maximum atomic E-state index is 12.7. The lowest BCUT2D eigenvalue weighted by atomic mass is 9.96. The molecule has 0 saturated carbocycles. The van der Waals surface area contributed by atoms with Crippen LogP contribution in [0.3, 0.4) is 0 Å². The largest absolute Gasteiger partial charge is 0.399 e. The second-order valence-electron chi connectivity index (χ2n) is 5.76. The van der Waals surface area contributed by atoms with Crippen molar-refractivity contribution in [3.63, 3.8) is 0 Å². The average Bonchev–Trinajstić information content (AvgIpc) is 2.40. The van der Waals surface area contributed by atoms with E-state index in [1.807, 2.05) is 32.0 Å². The van der Waals surface area contributed by atoms with E-state index in [1.54, 1.807) is 17.0 Å². The fourth-order valence-electron chi connectivity index (χ4n) is 2.60. The van der Waals surface area contributed by atoms with Gasteiger partial charge in [0, 0.05) is 38.6 Å². The van der Waals surface area contributed by atoms with Gasteiger partial charge < -0.3 is 20.6 Å². The summed E-state index contributed by atoms with van der Waals surface area (Å²) in [6.45, 7) is 3.14. The minimum absolute atomic E-state index is 0.0141. The van der Waals surface area contributed by atoms with Gasteiger partial charge in [-0.15, -0.1) is 0 Å². The summed E-state index contributed by atoms with van der Waals surface area (Å²) in [5, 5.41) is 9.77. The Morgan fingerprint density at radius 2 is 2.15 bits per heavy atom. The molecule has 20 heavy (non-hydrogen) atoms. The van der Waals surface area contributed by atoms with Gasteiger partial charge in [0.2, 0.25) is 0 Å². The van der Waals surface area contributed by atoms with Gasteiger partial charge in [-0.2, -0.15) is 0 Å². The van der Waals surface area contributed by atoms with Gasteiger partial charge in [0.1, 0.15) is 0 Å². The number of amides is 1. The molecule has 1 aliphatic rings. The Labute approximate surface area is 120 Å². The molecule has 3 N–H and O–H groups in total. The molecule has 0 aromatic heterocycles. The van der Waals surface area contributed by atoms with E-state index in [0.717, 1.165) is 5.69 Å². The van der Waals surface area contributed by atoms with Crippen LogP contribution < -0.4 is 10.6 Å². The standard InChI is InChI=1S/C15H23N3O2/c1-10-9-18(7-6-14(10)19)15(20)12-8-11(16)4-5-13(12)17(2)3/h4-5,8,10,14,19H,6-7,9,16H2,1-3H3. The Balaban J connectivity index is 2.27. The van der Waals surface area contributed by atoms with Crippen LogP contribution in [0.1, 0.15) is 23.7 Å². The second-order valence-corrected chi connectivity index (χ2v) is 5.76. The van der Waals surface area contributed by atoms with Gasteiger partial charge in [-0.3, -0.25) is 4.79 Å². The molecule has 2 rings (SSSR count). The van der Waals surface area contributed by atoms with Crippen LogP contribution in [0, 0.1) is 5.92 Å². The Kier molecular flexibility index (Phi) is 4.18. The lowest BCUT2D eigenvalue weighted by molar-refractivity contribution is 0.0298. The van der Waals surface area contributed by atoms with Crippen LogP contribution in [0.25, 0.3) is 0 Å². The summed E-state index contributed by atoms with van der Waals surface area (Å²) in [5.41, 5.74) is 7.89. The molecule has 1 amide bonds. The normalized spacial score (nSPS) is 22.7. The van der Waals surface area contributed by atoms with Crippen molar-refractivity contribution in [1.29, 1.82) is 0 Å². The Bertz CT molecular complexity index is 502. The summed E-state index contributed by atoms with van der Waals surface area (Å²) in [6, 6.07) is 5.40. The Morgan fingerprint density at radius 1 is 1.45 bits per heavy atom. The van der Waals surface area contributed by atoms with Crippen molar-refractivity contribution in [2.45, 2.75) is 19.4 Å². The number of anilines is 2. The van der Waals surface area contributed by atoms with Crippen molar-refractivity contribution < 1.29 is 9.90 Å². The van der Waals surface area contributed by atoms with E-state index in [2.05, 4.69) is 0 Å². The van der Waals surface area contributed by atoms with Crippen LogP contribution in [0.4, 0.5) is 11.4 Å². The number of nitrogens with zero attached hydrogens (tertiary/aromatic N) is 2. The molecule has 1 saturated heterocycles. The summed E-state index contributed by atoms with van der Waals surface area (Å²) in [7, 11) is 3.82. The van der Waals surface area contributed by atoms with Gasteiger partial charge in [0.25, 0.3) is 5.91 Å². The van der Waals surface area contributed by atoms with E-state index in [-0.39, 0.29) is 17.9 Å². The first-order chi connectivity index (χ1) is 9.40. The number of benzene rings is 1. The van der Waals surface area contributed by atoms with E-state index < -0.39 is 0 Å². The van der Waals surface area contributed by atoms with Crippen LogP contribution in [-0.2, 0) is 0 Å². The Hall–Kier alpha value is -1.75. The molecule has 1 heterocycles. The van der Waals surface area contributed by atoms with E-state index in [9.17, 15) is 9.90 Å². The van der Waals surface area contributed by atoms with Crippen LogP contribution in [0.15, 0.2) is 18.2 Å². The number of carbonyl (C=O) groups excluding carboxylic acids is 1. The molecule has 1 aromatic rings.